The van der Waals surface area contributed by atoms with Crippen LogP contribution in [0.4, 0.5) is 5.69 Å². The maximum absolute atomic E-state index is 12.1. The molecule has 2 rings (SSSR count). The van der Waals surface area contributed by atoms with Gasteiger partial charge < -0.3 is 10.1 Å². The highest BCUT2D eigenvalue weighted by atomic mass is 16.5. The molecule has 0 aliphatic rings. The smallest absolute Gasteiger partial charge is 0.248 e. The Morgan fingerprint density at radius 3 is 2.33 bits per heavy atom. The summed E-state index contributed by atoms with van der Waals surface area (Å²) in [5.74, 6) is 0.468. The molecule has 0 fully saturated rings. The molecule has 0 spiro atoms. The van der Waals surface area contributed by atoms with Crippen molar-refractivity contribution >= 4 is 17.7 Å². The minimum atomic E-state index is -0.182. The van der Waals surface area contributed by atoms with Gasteiger partial charge in [-0.05, 0) is 47.2 Å². The van der Waals surface area contributed by atoms with Gasteiger partial charge in [0, 0.05) is 6.08 Å². The van der Waals surface area contributed by atoms with E-state index < -0.39 is 0 Å². The number of benzene rings is 2. The Bertz CT molecular complexity index is 737. The number of carbonyl (C=O) groups is 1. The molecule has 0 bridgehead atoms. The molecule has 0 atom stereocenters. The van der Waals surface area contributed by atoms with E-state index >= 15 is 0 Å². The molecule has 0 saturated carbocycles. The standard InChI is InChI=1S/C21H25NO2/c1-15-6-12-19(24-5)18(14-15)22-20(23)13-9-16-7-10-17(11-8-16)21(2,3)4/h6-14H,1-5H3,(H,22,23). The second-order valence-electron chi connectivity index (χ2n) is 6.90. The number of rotatable bonds is 4. The van der Waals surface area contributed by atoms with E-state index in [1.807, 2.05) is 43.3 Å². The number of ether oxygens (including phenoxy) is 1. The van der Waals surface area contributed by atoms with Crippen molar-refractivity contribution in [3.05, 3.63) is 65.2 Å². The summed E-state index contributed by atoms with van der Waals surface area (Å²) in [7, 11) is 1.59. The first-order valence-corrected chi connectivity index (χ1v) is 8.04. The molecule has 0 aliphatic heterocycles. The Kier molecular flexibility index (Phi) is 5.45. The third kappa shape index (κ3) is 4.72. The predicted octanol–water partition coefficient (Wildman–Crippen LogP) is 4.95. The molecular weight excluding hydrogens is 298 g/mol. The van der Waals surface area contributed by atoms with Crippen LogP contribution in [-0.2, 0) is 10.2 Å². The van der Waals surface area contributed by atoms with Gasteiger partial charge in [-0.1, -0.05) is 51.1 Å². The van der Waals surface area contributed by atoms with Crippen LogP contribution in [0, 0.1) is 6.92 Å². The van der Waals surface area contributed by atoms with Gasteiger partial charge in [0.15, 0.2) is 0 Å². The summed E-state index contributed by atoms with van der Waals surface area (Å²) in [6, 6.07) is 13.9. The van der Waals surface area contributed by atoms with Gasteiger partial charge in [0.1, 0.15) is 5.75 Å². The molecular formula is C21H25NO2. The number of hydrogen-bond acceptors (Lipinski definition) is 2. The number of aryl methyl sites for hydroxylation is 1. The van der Waals surface area contributed by atoms with Crippen molar-refractivity contribution in [2.24, 2.45) is 0 Å². The van der Waals surface area contributed by atoms with Gasteiger partial charge in [-0.25, -0.2) is 0 Å². The molecule has 126 valence electrons. The minimum Gasteiger partial charge on any atom is -0.495 e. The fourth-order valence-corrected chi connectivity index (χ4v) is 2.36. The van der Waals surface area contributed by atoms with Crippen molar-refractivity contribution in [1.29, 1.82) is 0 Å². The first kappa shape index (κ1) is 17.8. The number of carbonyl (C=O) groups excluding carboxylic acids is 1. The Labute approximate surface area is 144 Å². The van der Waals surface area contributed by atoms with E-state index in [1.54, 1.807) is 7.11 Å². The Morgan fingerprint density at radius 1 is 1.08 bits per heavy atom. The molecule has 3 nitrogen and oxygen atoms in total. The van der Waals surface area contributed by atoms with Gasteiger partial charge in [-0.2, -0.15) is 0 Å². The molecule has 3 heteroatoms. The van der Waals surface area contributed by atoms with E-state index in [0.717, 1.165) is 11.1 Å². The van der Waals surface area contributed by atoms with Crippen molar-refractivity contribution < 1.29 is 9.53 Å². The Hall–Kier alpha value is -2.55. The summed E-state index contributed by atoms with van der Waals surface area (Å²) in [5, 5.41) is 2.86. The highest BCUT2D eigenvalue weighted by Crippen LogP contribution is 2.25. The summed E-state index contributed by atoms with van der Waals surface area (Å²) >= 11 is 0. The van der Waals surface area contributed by atoms with E-state index in [1.165, 1.54) is 11.6 Å². The fourth-order valence-electron chi connectivity index (χ4n) is 2.36. The van der Waals surface area contributed by atoms with Crippen LogP contribution in [0.1, 0.15) is 37.5 Å². The number of hydrogen-bond donors (Lipinski definition) is 1. The van der Waals surface area contributed by atoms with E-state index in [2.05, 4.69) is 38.2 Å². The molecule has 2 aromatic carbocycles. The highest BCUT2D eigenvalue weighted by Gasteiger charge is 2.12. The average molecular weight is 323 g/mol. The maximum Gasteiger partial charge on any atom is 0.248 e. The third-order valence-corrected chi connectivity index (χ3v) is 3.82. The number of amides is 1. The summed E-state index contributed by atoms with van der Waals surface area (Å²) in [6.07, 6.45) is 3.35. The lowest BCUT2D eigenvalue weighted by atomic mass is 9.87. The second kappa shape index (κ2) is 7.35. The molecule has 1 N–H and O–H groups in total. The number of anilines is 1. The monoisotopic (exact) mass is 323 g/mol. The quantitative estimate of drug-likeness (QED) is 0.808. The summed E-state index contributed by atoms with van der Waals surface area (Å²) in [4.78, 5) is 12.1. The first-order valence-electron chi connectivity index (χ1n) is 8.04. The van der Waals surface area contributed by atoms with E-state index in [4.69, 9.17) is 4.74 Å². The topological polar surface area (TPSA) is 38.3 Å². The highest BCUT2D eigenvalue weighted by molar-refractivity contribution is 6.02. The Morgan fingerprint density at radius 2 is 1.75 bits per heavy atom. The van der Waals surface area contributed by atoms with Gasteiger partial charge >= 0.3 is 0 Å². The zero-order valence-electron chi connectivity index (χ0n) is 15.0. The van der Waals surface area contributed by atoms with Crippen LogP contribution in [0.15, 0.2) is 48.5 Å². The molecule has 24 heavy (non-hydrogen) atoms. The van der Waals surface area contributed by atoms with Crippen molar-refractivity contribution in [2.75, 3.05) is 12.4 Å². The van der Waals surface area contributed by atoms with Gasteiger partial charge in [0.05, 0.1) is 12.8 Å². The molecule has 0 aliphatic carbocycles. The van der Waals surface area contributed by atoms with Crippen LogP contribution in [0.25, 0.3) is 6.08 Å². The lowest BCUT2D eigenvalue weighted by molar-refractivity contribution is -0.111. The van der Waals surface area contributed by atoms with Crippen LogP contribution in [-0.4, -0.2) is 13.0 Å². The van der Waals surface area contributed by atoms with Crippen LogP contribution in [0.3, 0.4) is 0 Å². The summed E-state index contributed by atoms with van der Waals surface area (Å²) < 4.78 is 5.27. The lowest BCUT2D eigenvalue weighted by Crippen LogP contribution is -2.10. The van der Waals surface area contributed by atoms with E-state index in [0.29, 0.717) is 11.4 Å². The normalized spacial score (nSPS) is 11.5. The summed E-state index contributed by atoms with van der Waals surface area (Å²) in [5.41, 5.74) is 4.13. The molecule has 1 amide bonds. The minimum absolute atomic E-state index is 0.126. The van der Waals surface area contributed by atoms with Crippen molar-refractivity contribution in [3.8, 4) is 5.75 Å². The lowest BCUT2D eigenvalue weighted by Gasteiger charge is -2.18. The van der Waals surface area contributed by atoms with Gasteiger partial charge in [0.25, 0.3) is 0 Å². The van der Waals surface area contributed by atoms with E-state index in [-0.39, 0.29) is 11.3 Å². The molecule has 0 radical (unpaired) electrons. The number of methoxy groups -OCH3 is 1. The SMILES string of the molecule is COc1ccc(C)cc1NC(=O)C=Cc1ccc(C(C)(C)C)cc1. The molecule has 0 heterocycles. The Balaban J connectivity index is 2.07. The second-order valence-corrected chi connectivity index (χ2v) is 6.90. The van der Waals surface area contributed by atoms with Crippen LogP contribution >= 0.6 is 0 Å². The fraction of sp³-hybridized carbons (Fsp3) is 0.286. The van der Waals surface area contributed by atoms with Crippen LogP contribution < -0.4 is 10.1 Å². The van der Waals surface area contributed by atoms with Gasteiger partial charge in [-0.3, -0.25) is 4.79 Å². The van der Waals surface area contributed by atoms with Crippen LogP contribution in [0.5, 0.6) is 5.75 Å². The van der Waals surface area contributed by atoms with Gasteiger partial charge in [0.2, 0.25) is 5.91 Å². The average Bonchev–Trinajstić information content (AvgIpc) is 2.53. The maximum atomic E-state index is 12.1. The molecule has 0 aromatic heterocycles. The zero-order chi connectivity index (χ0) is 17.7. The van der Waals surface area contributed by atoms with Crippen molar-refractivity contribution in [3.63, 3.8) is 0 Å². The first-order chi connectivity index (χ1) is 11.3. The van der Waals surface area contributed by atoms with E-state index in [9.17, 15) is 4.79 Å². The van der Waals surface area contributed by atoms with Crippen molar-refractivity contribution in [1.82, 2.24) is 0 Å². The van der Waals surface area contributed by atoms with Crippen molar-refractivity contribution in [2.45, 2.75) is 33.1 Å². The number of nitrogens with one attached hydrogen (secondary N) is 1. The molecule has 0 unspecified atom stereocenters. The third-order valence-electron chi connectivity index (χ3n) is 3.82. The summed E-state index contributed by atoms with van der Waals surface area (Å²) in [6.45, 7) is 8.52. The largest absolute Gasteiger partial charge is 0.495 e. The molecule has 0 saturated heterocycles. The van der Waals surface area contributed by atoms with Gasteiger partial charge in [-0.15, -0.1) is 0 Å². The molecule has 2 aromatic rings. The zero-order valence-corrected chi connectivity index (χ0v) is 15.0. The predicted molar refractivity (Wildman–Crippen MR) is 101 cm³/mol. The van der Waals surface area contributed by atoms with Crippen LogP contribution in [0.2, 0.25) is 0 Å².